The van der Waals surface area contributed by atoms with Gasteiger partial charge < -0.3 is 10.2 Å². The molecule has 1 amide bonds. The van der Waals surface area contributed by atoms with E-state index in [2.05, 4.69) is 10.5 Å². The number of nitro benzene ring substituents is 1. The molecular weight excluding hydrogens is 341 g/mol. The molecule has 0 aromatic heterocycles. The lowest BCUT2D eigenvalue weighted by molar-refractivity contribution is -0.385. The van der Waals surface area contributed by atoms with Crippen LogP contribution in [0.2, 0.25) is 0 Å². The fraction of sp³-hybridized carbons (Fsp3) is 0.222. The first-order valence-electron chi connectivity index (χ1n) is 8.04. The first-order chi connectivity index (χ1) is 12.5. The van der Waals surface area contributed by atoms with Gasteiger partial charge >= 0.3 is 0 Å². The van der Waals surface area contributed by atoms with Gasteiger partial charge in [-0.3, -0.25) is 14.9 Å². The van der Waals surface area contributed by atoms with E-state index >= 15 is 0 Å². The number of benzene rings is 2. The van der Waals surface area contributed by atoms with E-state index < -0.39 is 22.8 Å². The lowest BCUT2D eigenvalue weighted by atomic mass is 10.0. The molecule has 0 saturated heterocycles. The number of anilines is 1. The molecule has 0 saturated carbocycles. The summed E-state index contributed by atoms with van der Waals surface area (Å²) in [6.45, 7) is 1.82. The monoisotopic (exact) mass is 357 g/mol. The van der Waals surface area contributed by atoms with Gasteiger partial charge in [-0.05, 0) is 24.6 Å². The summed E-state index contributed by atoms with van der Waals surface area (Å²) in [5.74, 6) is -0.875. The minimum absolute atomic E-state index is 0.0469. The molecule has 0 spiro atoms. The molecule has 1 N–H and O–H groups in total. The molecule has 0 radical (unpaired) electrons. The van der Waals surface area contributed by atoms with Crippen molar-refractivity contribution in [1.29, 1.82) is 0 Å². The van der Waals surface area contributed by atoms with Crippen molar-refractivity contribution in [2.24, 2.45) is 5.16 Å². The van der Waals surface area contributed by atoms with Crippen LogP contribution in [0.1, 0.15) is 24.5 Å². The highest BCUT2D eigenvalue weighted by atomic mass is 19.1. The third-order valence-electron chi connectivity index (χ3n) is 4.05. The van der Waals surface area contributed by atoms with Crippen molar-refractivity contribution in [1.82, 2.24) is 0 Å². The summed E-state index contributed by atoms with van der Waals surface area (Å²) >= 11 is 0. The van der Waals surface area contributed by atoms with Crippen molar-refractivity contribution in [3.8, 4) is 0 Å². The predicted octanol–water partition coefficient (Wildman–Crippen LogP) is 3.43. The van der Waals surface area contributed by atoms with E-state index in [0.29, 0.717) is 28.9 Å². The Morgan fingerprint density at radius 1 is 1.38 bits per heavy atom. The molecule has 26 heavy (non-hydrogen) atoms. The summed E-state index contributed by atoms with van der Waals surface area (Å²) in [5.41, 5.74) is 1.86. The number of hydrogen-bond acceptors (Lipinski definition) is 5. The van der Waals surface area contributed by atoms with Gasteiger partial charge in [0.1, 0.15) is 5.82 Å². The van der Waals surface area contributed by atoms with E-state index in [0.717, 1.165) is 0 Å². The largest absolute Gasteiger partial charge is 0.382 e. The Hall–Kier alpha value is -3.29. The minimum atomic E-state index is -0.877. The van der Waals surface area contributed by atoms with Gasteiger partial charge in [-0.2, -0.15) is 0 Å². The number of amides is 1. The SMILES string of the molecule is CCc1ccc(NC(=O)C2CC(c3cccc(F)c3)=NO2)cc1[N+](=O)[O-]. The Bertz CT molecular complexity index is 898. The van der Waals surface area contributed by atoms with Crippen LogP contribution >= 0.6 is 0 Å². The smallest absolute Gasteiger partial charge is 0.274 e. The Morgan fingerprint density at radius 3 is 2.88 bits per heavy atom. The second-order valence-electron chi connectivity index (χ2n) is 5.79. The molecule has 2 aromatic rings. The fourth-order valence-electron chi connectivity index (χ4n) is 2.69. The molecule has 2 aromatic carbocycles. The average Bonchev–Trinajstić information content (AvgIpc) is 3.12. The lowest BCUT2D eigenvalue weighted by Gasteiger charge is -2.10. The summed E-state index contributed by atoms with van der Waals surface area (Å²) in [4.78, 5) is 28.1. The van der Waals surface area contributed by atoms with Gasteiger partial charge in [-0.15, -0.1) is 0 Å². The van der Waals surface area contributed by atoms with Gasteiger partial charge in [-0.1, -0.05) is 30.3 Å². The Kier molecular flexibility index (Phi) is 4.92. The van der Waals surface area contributed by atoms with Crippen LogP contribution in [0.3, 0.4) is 0 Å². The number of halogens is 1. The number of carbonyl (C=O) groups excluding carboxylic acids is 1. The fourth-order valence-corrected chi connectivity index (χ4v) is 2.69. The van der Waals surface area contributed by atoms with Crippen LogP contribution in [0.4, 0.5) is 15.8 Å². The van der Waals surface area contributed by atoms with Crippen molar-refractivity contribution >= 4 is 23.0 Å². The Morgan fingerprint density at radius 2 is 2.19 bits per heavy atom. The van der Waals surface area contributed by atoms with Gasteiger partial charge in [0.2, 0.25) is 6.10 Å². The van der Waals surface area contributed by atoms with Crippen molar-refractivity contribution in [2.45, 2.75) is 25.9 Å². The zero-order chi connectivity index (χ0) is 18.7. The third-order valence-corrected chi connectivity index (χ3v) is 4.05. The molecule has 1 unspecified atom stereocenters. The molecule has 0 bridgehead atoms. The van der Waals surface area contributed by atoms with Crippen LogP contribution in [0.15, 0.2) is 47.6 Å². The molecule has 0 fully saturated rings. The van der Waals surface area contributed by atoms with E-state index in [4.69, 9.17) is 4.84 Å². The third kappa shape index (κ3) is 3.69. The molecule has 1 heterocycles. The summed E-state index contributed by atoms with van der Waals surface area (Å²) in [7, 11) is 0. The highest BCUT2D eigenvalue weighted by Gasteiger charge is 2.29. The minimum Gasteiger partial charge on any atom is -0.382 e. The summed E-state index contributed by atoms with van der Waals surface area (Å²) < 4.78 is 13.3. The molecule has 1 atom stereocenters. The van der Waals surface area contributed by atoms with Gasteiger partial charge in [0, 0.05) is 29.3 Å². The average molecular weight is 357 g/mol. The maximum Gasteiger partial charge on any atom is 0.274 e. The Labute approximate surface area is 148 Å². The molecular formula is C18H16FN3O4. The van der Waals surface area contributed by atoms with Crippen LogP contribution in [-0.2, 0) is 16.1 Å². The van der Waals surface area contributed by atoms with Crippen LogP contribution in [-0.4, -0.2) is 22.6 Å². The van der Waals surface area contributed by atoms with Crippen LogP contribution in [0.25, 0.3) is 0 Å². The standard InChI is InChI=1S/C18H16FN3O4/c1-2-11-6-7-14(9-16(11)22(24)25)20-18(23)17-10-15(21-26-17)12-4-3-5-13(19)8-12/h3-9,17H,2,10H2,1H3,(H,20,23). The molecule has 3 rings (SSSR count). The van der Waals surface area contributed by atoms with Crippen LogP contribution in [0.5, 0.6) is 0 Å². The highest BCUT2D eigenvalue weighted by Crippen LogP contribution is 2.25. The molecule has 8 heteroatoms. The molecule has 134 valence electrons. The van der Waals surface area contributed by atoms with Gasteiger partial charge in [-0.25, -0.2) is 4.39 Å². The number of carbonyl (C=O) groups is 1. The van der Waals surface area contributed by atoms with E-state index in [1.807, 2.05) is 6.92 Å². The van der Waals surface area contributed by atoms with Crippen LogP contribution < -0.4 is 5.32 Å². The topological polar surface area (TPSA) is 93.8 Å². The van der Waals surface area contributed by atoms with Crippen LogP contribution in [0, 0.1) is 15.9 Å². The molecule has 0 aliphatic carbocycles. The summed E-state index contributed by atoms with van der Waals surface area (Å²) in [6.07, 6.45) is -0.177. The highest BCUT2D eigenvalue weighted by molar-refractivity contribution is 6.06. The first-order valence-corrected chi connectivity index (χ1v) is 8.04. The van der Waals surface area contributed by atoms with Crippen molar-refractivity contribution in [2.75, 3.05) is 5.32 Å². The van der Waals surface area contributed by atoms with Gasteiger partial charge in [0.05, 0.1) is 10.6 Å². The zero-order valence-corrected chi connectivity index (χ0v) is 13.9. The maximum atomic E-state index is 13.3. The second kappa shape index (κ2) is 7.30. The van der Waals surface area contributed by atoms with E-state index in [1.165, 1.54) is 18.2 Å². The van der Waals surface area contributed by atoms with Crippen molar-refractivity contribution in [3.05, 3.63) is 69.5 Å². The second-order valence-corrected chi connectivity index (χ2v) is 5.79. The summed E-state index contributed by atoms with van der Waals surface area (Å²) in [6, 6.07) is 10.4. The van der Waals surface area contributed by atoms with Gasteiger partial charge in [0.25, 0.3) is 11.6 Å². The van der Waals surface area contributed by atoms with Crippen molar-refractivity contribution < 1.29 is 18.9 Å². The number of rotatable bonds is 5. The number of nitro groups is 1. The summed E-state index contributed by atoms with van der Waals surface area (Å²) in [5, 5.41) is 17.6. The number of nitrogens with one attached hydrogen (secondary N) is 1. The predicted molar refractivity (Wildman–Crippen MR) is 93.5 cm³/mol. The molecule has 1 aliphatic rings. The van der Waals surface area contributed by atoms with Crippen molar-refractivity contribution in [3.63, 3.8) is 0 Å². The Balaban J connectivity index is 1.68. The maximum absolute atomic E-state index is 13.3. The van der Waals surface area contributed by atoms with E-state index in [1.54, 1.807) is 24.3 Å². The number of hydrogen-bond donors (Lipinski definition) is 1. The van der Waals surface area contributed by atoms with E-state index in [-0.39, 0.29) is 12.1 Å². The quantitative estimate of drug-likeness (QED) is 0.655. The van der Waals surface area contributed by atoms with Gasteiger partial charge in [0.15, 0.2) is 0 Å². The number of oxime groups is 1. The van der Waals surface area contributed by atoms with E-state index in [9.17, 15) is 19.3 Å². The normalized spacial score (nSPS) is 15.9. The first kappa shape index (κ1) is 17.5. The zero-order valence-electron chi connectivity index (χ0n) is 13.9. The molecule has 1 aliphatic heterocycles. The number of nitrogens with zero attached hydrogens (tertiary/aromatic N) is 2. The molecule has 7 nitrogen and oxygen atoms in total. The lowest BCUT2D eigenvalue weighted by Crippen LogP contribution is -2.28. The number of aryl methyl sites for hydroxylation is 1.